The van der Waals surface area contributed by atoms with E-state index in [1.165, 1.54) is 0 Å². The summed E-state index contributed by atoms with van der Waals surface area (Å²) in [6.07, 6.45) is -0.873. The van der Waals surface area contributed by atoms with Gasteiger partial charge in [0.1, 0.15) is 0 Å². The normalized spacial score (nSPS) is 23.7. The van der Waals surface area contributed by atoms with Gasteiger partial charge in [-0.05, 0) is 56.8 Å². The number of ether oxygens (including phenoxy) is 1. The molecule has 21 heavy (non-hydrogen) atoms. The molecule has 5 heteroatoms. The zero-order chi connectivity index (χ0) is 15.5. The summed E-state index contributed by atoms with van der Waals surface area (Å²) in [5, 5.41) is 3.20. The molecule has 0 heterocycles. The fraction of sp³-hybridized carbons (Fsp3) is 0.625. The maximum atomic E-state index is 12.6. The van der Waals surface area contributed by atoms with Crippen molar-refractivity contribution in [3.8, 4) is 0 Å². The van der Waals surface area contributed by atoms with E-state index in [4.69, 9.17) is 4.74 Å². The molecular weight excluding hydrogens is 279 g/mol. The van der Waals surface area contributed by atoms with Crippen molar-refractivity contribution in [2.75, 3.05) is 13.7 Å². The van der Waals surface area contributed by atoms with Crippen LogP contribution in [0.25, 0.3) is 0 Å². The molecule has 118 valence electrons. The van der Waals surface area contributed by atoms with E-state index in [2.05, 4.69) is 5.32 Å². The summed E-state index contributed by atoms with van der Waals surface area (Å²) in [5.41, 5.74) is 0.312. The number of benzene rings is 1. The van der Waals surface area contributed by atoms with Gasteiger partial charge in [-0.2, -0.15) is 13.2 Å². The minimum absolute atomic E-state index is 0.0971. The first-order valence-corrected chi connectivity index (χ1v) is 7.40. The number of rotatable bonds is 6. The Morgan fingerprint density at radius 2 is 1.86 bits per heavy atom. The van der Waals surface area contributed by atoms with Gasteiger partial charge in [0.25, 0.3) is 0 Å². The van der Waals surface area contributed by atoms with Crippen molar-refractivity contribution >= 4 is 0 Å². The van der Waals surface area contributed by atoms with E-state index in [1.807, 2.05) is 14.0 Å². The summed E-state index contributed by atoms with van der Waals surface area (Å²) in [5.74, 6) is 0.585. The van der Waals surface area contributed by atoms with Crippen LogP contribution in [-0.4, -0.2) is 19.8 Å². The fourth-order valence-corrected chi connectivity index (χ4v) is 2.90. The van der Waals surface area contributed by atoms with Crippen molar-refractivity contribution in [3.63, 3.8) is 0 Å². The highest BCUT2D eigenvalue weighted by Crippen LogP contribution is 2.37. The van der Waals surface area contributed by atoms with Gasteiger partial charge in [-0.3, -0.25) is 0 Å². The zero-order valence-corrected chi connectivity index (χ0v) is 12.4. The van der Waals surface area contributed by atoms with Gasteiger partial charge in [-0.15, -0.1) is 0 Å². The number of halogens is 3. The van der Waals surface area contributed by atoms with E-state index in [-0.39, 0.29) is 6.04 Å². The second-order valence-electron chi connectivity index (χ2n) is 5.61. The highest BCUT2D eigenvalue weighted by molar-refractivity contribution is 5.27. The first-order valence-electron chi connectivity index (χ1n) is 7.40. The number of nitrogens with one attached hydrogen (secondary N) is 1. The summed E-state index contributed by atoms with van der Waals surface area (Å²) in [6.45, 7) is 2.73. The molecule has 0 spiro atoms. The van der Waals surface area contributed by atoms with Gasteiger partial charge in [0, 0.05) is 12.6 Å². The summed E-state index contributed by atoms with van der Waals surface area (Å²) in [4.78, 5) is 0. The second kappa shape index (κ2) is 6.79. The number of alkyl halides is 3. The molecule has 1 N–H and O–H groups in total. The molecule has 0 aromatic heterocycles. The van der Waals surface area contributed by atoms with E-state index in [0.29, 0.717) is 12.0 Å². The molecule has 0 bridgehead atoms. The van der Waals surface area contributed by atoms with Gasteiger partial charge in [-0.1, -0.05) is 12.1 Å². The third-order valence-electron chi connectivity index (χ3n) is 4.15. The Morgan fingerprint density at radius 3 is 2.33 bits per heavy atom. The predicted molar refractivity (Wildman–Crippen MR) is 76.0 cm³/mol. The van der Waals surface area contributed by atoms with Gasteiger partial charge in [0.05, 0.1) is 11.7 Å². The van der Waals surface area contributed by atoms with Gasteiger partial charge in [-0.25, -0.2) is 0 Å². The van der Waals surface area contributed by atoms with Gasteiger partial charge < -0.3 is 10.1 Å². The molecule has 0 amide bonds. The van der Waals surface area contributed by atoms with E-state index in [1.54, 1.807) is 12.1 Å². The van der Waals surface area contributed by atoms with Crippen LogP contribution in [0, 0.1) is 5.92 Å². The molecule has 1 unspecified atom stereocenters. The Bertz CT molecular complexity index is 438. The second-order valence-corrected chi connectivity index (χ2v) is 5.61. The van der Waals surface area contributed by atoms with Gasteiger partial charge >= 0.3 is 6.18 Å². The maximum Gasteiger partial charge on any atom is 0.416 e. The van der Waals surface area contributed by atoms with E-state index >= 15 is 0 Å². The molecule has 1 aliphatic rings. The summed E-state index contributed by atoms with van der Waals surface area (Å²) < 4.78 is 43.2. The van der Waals surface area contributed by atoms with Crippen LogP contribution >= 0.6 is 0 Å². The summed E-state index contributed by atoms with van der Waals surface area (Å²) in [7, 11) is 1.85. The molecular formula is C16H22F3NO. The maximum absolute atomic E-state index is 12.6. The lowest BCUT2D eigenvalue weighted by Gasteiger charge is -2.37. The Hall–Kier alpha value is -1.07. The predicted octanol–water partition coefficient (Wildman–Crippen LogP) is 4.17. The Kier molecular flexibility index (Phi) is 5.27. The molecule has 1 saturated carbocycles. The van der Waals surface area contributed by atoms with Gasteiger partial charge in [0.15, 0.2) is 0 Å². The monoisotopic (exact) mass is 301 g/mol. The lowest BCUT2D eigenvalue weighted by Crippen LogP contribution is -2.34. The van der Waals surface area contributed by atoms with Crippen LogP contribution in [0.1, 0.15) is 43.4 Å². The molecule has 1 aromatic carbocycles. The molecule has 1 aromatic rings. The molecule has 1 fully saturated rings. The van der Waals surface area contributed by atoms with Crippen LogP contribution in [-0.2, 0) is 10.9 Å². The molecule has 2 nitrogen and oxygen atoms in total. The molecule has 1 atom stereocenters. The number of hydrogen-bond donors (Lipinski definition) is 1. The lowest BCUT2D eigenvalue weighted by molar-refractivity contribution is -0.137. The minimum Gasteiger partial charge on any atom is -0.378 e. The first-order chi connectivity index (χ1) is 9.94. The SMILES string of the molecule is CCOC1CC(CC(NC)c2ccc(C(F)(F)F)cc2)C1. The average molecular weight is 301 g/mol. The van der Waals surface area contributed by atoms with E-state index < -0.39 is 11.7 Å². The first kappa shape index (κ1) is 16.3. The van der Waals surface area contributed by atoms with E-state index in [9.17, 15) is 13.2 Å². The summed E-state index contributed by atoms with van der Waals surface area (Å²) >= 11 is 0. The summed E-state index contributed by atoms with van der Waals surface area (Å²) in [6, 6.07) is 5.55. The van der Waals surface area contributed by atoms with Crippen LogP contribution in [0.5, 0.6) is 0 Å². The highest BCUT2D eigenvalue weighted by atomic mass is 19.4. The Labute approximate surface area is 123 Å². The smallest absolute Gasteiger partial charge is 0.378 e. The van der Waals surface area contributed by atoms with Crippen LogP contribution in [0.4, 0.5) is 13.2 Å². The van der Waals surface area contributed by atoms with Crippen molar-refractivity contribution in [3.05, 3.63) is 35.4 Å². The van der Waals surface area contributed by atoms with Crippen molar-refractivity contribution in [2.24, 2.45) is 5.92 Å². The molecule has 0 radical (unpaired) electrons. The van der Waals surface area contributed by atoms with E-state index in [0.717, 1.165) is 43.6 Å². The van der Waals surface area contributed by atoms with Crippen LogP contribution in [0.15, 0.2) is 24.3 Å². The van der Waals surface area contributed by atoms with Crippen LogP contribution in [0.2, 0.25) is 0 Å². The molecule has 2 rings (SSSR count). The quantitative estimate of drug-likeness (QED) is 0.851. The standard InChI is InChI=1S/C16H22F3NO/c1-3-21-14-8-11(9-14)10-15(20-2)12-4-6-13(7-5-12)16(17,18)19/h4-7,11,14-15,20H,3,8-10H2,1-2H3. The van der Waals surface area contributed by atoms with Crippen molar-refractivity contribution in [1.82, 2.24) is 5.32 Å². The van der Waals surface area contributed by atoms with Crippen LogP contribution < -0.4 is 5.32 Å². The minimum atomic E-state index is -4.27. The largest absolute Gasteiger partial charge is 0.416 e. The average Bonchev–Trinajstić information content (AvgIpc) is 2.40. The number of hydrogen-bond acceptors (Lipinski definition) is 2. The topological polar surface area (TPSA) is 21.3 Å². The lowest BCUT2D eigenvalue weighted by atomic mass is 9.77. The van der Waals surface area contributed by atoms with Crippen molar-refractivity contribution in [1.29, 1.82) is 0 Å². The third-order valence-corrected chi connectivity index (χ3v) is 4.15. The van der Waals surface area contributed by atoms with Crippen molar-refractivity contribution in [2.45, 2.75) is 44.5 Å². The molecule has 0 saturated heterocycles. The van der Waals surface area contributed by atoms with Gasteiger partial charge in [0.2, 0.25) is 0 Å². The highest BCUT2D eigenvalue weighted by Gasteiger charge is 2.32. The Balaban J connectivity index is 1.92. The van der Waals surface area contributed by atoms with Crippen LogP contribution in [0.3, 0.4) is 0 Å². The molecule has 1 aliphatic carbocycles. The zero-order valence-electron chi connectivity index (χ0n) is 12.4. The Morgan fingerprint density at radius 1 is 1.24 bits per heavy atom. The third kappa shape index (κ3) is 4.20. The molecule has 0 aliphatic heterocycles. The van der Waals surface area contributed by atoms with Crippen molar-refractivity contribution < 1.29 is 17.9 Å². The fourth-order valence-electron chi connectivity index (χ4n) is 2.90.